The fourth-order valence-corrected chi connectivity index (χ4v) is 5.21. The molecule has 5 nitrogen and oxygen atoms in total. The van der Waals surface area contributed by atoms with Crippen molar-refractivity contribution in [1.29, 1.82) is 0 Å². The molecule has 0 bridgehead atoms. The van der Waals surface area contributed by atoms with Gasteiger partial charge in [0.15, 0.2) is 0 Å². The van der Waals surface area contributed by atoms with E-state index in [0.29, 0.717) is 20.7 Å². The van der Waals surface area contributed by atoms with Gasteiger partial charge in [-0.15, -0.1) is 0 Å². The minimum atomic E-state index is -0.0611. The van der Waals surface area contributed by atoms with Gasteiger partial charge in [0.25, 0.3) is 0 Å². The first kappa shape index (κ1) is 18.8. The zero-order valence-electron chi connectivity index (χ0n) is 16.2. The molecule has 0 spiro atoms. The van der Waals surface area contributed by atoms with Crippen LogP contribution < -0.4 is 9.80 Å². The minimum absolute atomic E-state index is 0.0611. The van der Waals surface area contributed by atoms with Crippen LogP contribution in [0, 0.1) is 0 Å². The third-order valence-electron chi connectivity index (χ3n) is 4.86. The van der Waals surface area contributed by atoms with E-state index < -0.39 is 0 Å². The van der Waals surface area contributed by atoms with E-state index in [1.54, 1.807) is 4.90 Å². The SMILES string of the molecule is CN(C)c1ccc(/C=C2\N=C(N3CC[Se]CC3)N(c3ccccc3)C2=O)cc1. The molecule has 1 fully saturated rings. The van der Waals surface area contributed by atoms with E-state index in [4.69, 9.17) is 4.99 Å². The summed E-state index contributed by atoms with van der Waals surface area (Å²) < 4.78 is 0. The Morgan fingerprint density at radius 1 is 1.00 bits per heavy atom. The number of hydrogen-bond donors (Lipinski definition) is 0. The number of nitrogens with zero attached hydrogens (tertiary/aromatic N) is 4. The van der Waals surface area contributed by atoms with Crippen LogP contribution in [0.2, 0.25) is 10.6 Å². The van der Waals surface area contributed by atoms with Crippen LogP contribution in [0.3, 0.4) is 0 Å². The van der Waals surface area contributed by atoms with Crippen molar-refractivity contribution >= 4 is 44.3 Å². The molecule has 0 aliphatic carbocycles. The van der Waals surface area contributed by atoms with Crippen LogP contribution in [0.25, 0.3) is 6.08 Å². The van der Waals surface area contributed by atoms with Gasteiger partial charge in [-0.3, -0.25) is 0 Å². The molecule has 2 aliphatic rings. The Balaban J connectivity index is 1.69. The second-order valence-electron chi connectivity index (χ2n) is 7.00. The molecular formula is C22H24N4OSe. The van der Waals surface area contributed by atoms with Crippen molar-refractivity contribution in [3.8, 4) is 0 Å². The molecule has 28 heavy (non-hydrogen) atoms. The maximum atomic E-state index is 13.3. The number of anilines is 2. The van der Waals surface area contributed by atoms with Gasteiger partial charge in [0.1, 0.15) is 0 Å². The Morgan fingerprint density at radius 2 is 1.68 bits per heavy atom. The van der Waals surface area contributed by atoms with E-state index in [9.17, 15) is 4.79 Å². The van der Waals surface area contributed by atoms with Crippen molar-refractivity contribution in [2.75, 3.05) is 37.0 Å². The van der Waals surface area contributed by atoms with Crippen LogP contribution in [0.1, 0.15) is 5.56 Å². The summed E-state index contributed by atoms with van der Waals surface area (Å²) >= 11 is 0.712. The number of carbonyl (C=O) groups is 1. The van der Waals surface area contributed by atoms with E-state index in [1.807, 2.05) is 62.6 Å². The molecule has 0 saturated carbocycles. The van der Waals surface area contributed by atoms with Gasteiger partial charge in [-0.05, 0) is 0 Å². The van der Waals surface area contributed by atoms with Gasteiger partial charge < -0.3 is 0 Å². The number of aliphatic imine (C=N–C) groups is 1. The standard InChI is InChI=1S/C22H24N4OSe/c1-24(2)18-10-8-17(9-11-18)16-20-21(27)26(19-6-4-3-5-7-19)22(23-20)25-12-14-28-15-13-25/h3-11,16H,12-15H2,1-2H3/b20-16-. The van der Waals surface area contributed by atoms with Crippen molar-refractivity contribution in [2.45, 2.75) is 10.6 Å². The topological polar surface area (TPSA) is 39.1 Å². The van der Waals surface area contributed by atoms with E-state index in [1.165, 1.54) is 10.6 Å². The summed E-state index contributed by atoms with van der Waals surface area (Å²) in [6.45, 7) is 1.94. The first-order chi connectivity index (χ1) is 13.6. The van der Waals surface area contributed by atoms with E-state index in [0.717, 1.165) is 36.0 Å². The van der Waals surface area contributed by atoms with Crippen LogP contribution in [0.4, 0.5) is 11.4 Å². The molecule has 2 aromatic rings. The molecular weight excluding hydrogens is 415 g/mol. The summed E-state index contributed by atoms with van der Waals surface area (Å²) in [4.78, 5) is 24.1. The number of amides is 1. The number of guanidine groups is 1. The molecule has 6 heteroatoms. The fourth-order valence-electron chi connectivity index (χ4n) is 3.32. The van der Waals surface area contributed by atoms with E-state index in [-0.39, 0.29) is 5.91 Å². The van der Waals surface area contributed by atoms with Crippen molar-refractivity contribution < 1.29 is 4.79 Å². The molecule has 0 radical (unpaired) electrons. The zero-order valence-corrected chi connectivity index (χ0v) is 17.9. The van der Waals surface area contributed by atoms with Crippen molar-refractivity contribution in [1.82, 2.24) is 4.90 Å². The molecule has 144 valence electrons. The molecule has 0 aromatic heterocycles. The van der Waals surface area contributed by atoms with Gasteiger partial charge >= 0.3 is 158 Å². The molecule has 1 amide bonds. The fraction of sp³-hybridized carbons (Fsp3) is 0.273. The maximum absolute atomic E-state index is 13.3. The second-order valence-corrected chi connectivity index (χ2v) is 9.57. The molecule has 2 aliphatic heterocycles. The zero-order chi connectivity index (χ0) is 19.5. The summed E-state index contributed by atoms with van der Waals surface area (Å²) in [7, 11) is 4.03. The number of benzene rings is 2. The van der Waals surface area contributed by atoms with Crippen LogP contribution >= 0.6 is 0 Å². The summed E-state index contributed by atoms with van der Waals surface area (Å²) in [5.74, 6) is 0.705. The summed E-state index contributed by atoms with van der Waals surface area (Å²) in [6.07, 6.45) is 1.89. The molecule has 0 unspecified atom stereocenters. The third-order valence-corrected chi connectivity index (χ3v) is 6.84. The Kier molecular flexibility index (Phi) is 5.51. The summed E-state index contributed by atoms with van der Waals surface area (Å²) in [5.41, 5.74) is 3.47. The van der Waals surface area contributed by atoms with Crippen molar-refractivity contribution in [3.63, 3.8) is 0 Å². The van der Waals surface area contributed by atoms with Gasteiger partial charge in [-0.2, -0.15) is 0 Å². The van der Waals surface area contributed by atoms with Crippen LogP contribution in [0.15, 0.2) is 65.3 Å². The first-order valence-electron chi connectivity index (χ1n) is 9.43. The van der Waals surface area contributed by atoms with E-state index in [2.05, 4.69) is 21.9 Å². The summed E-state index contributed by atoms with van der Waals surface area (Å²) in [6, 6.07) is 18.0. The normalized spacial score (nSPS) is 18.6. The Hall–Kier alpha value is -2.56. The predicted molar refractivity (Wildman–Crippen MR) is 117 cm³/mol. The van der Waals surface area contributed by atoms with Gasteiger partial charge in [0.2, 0.25) is 0 Å². The molecule has 2 aromatic carbocycles. The summed E-state index contributed by atoms with van der Waals surface area (Å²) in [5, 5.41) is 2.40. The number of carbonyl (C=O) groups excluding carboxylic acids is 1. The van der Waals surface area contributed by atoms with Crippen LogP contribution in [-0.2, 0) is 4.79 Å². The van der Waals surface area contributed by atoms with Crippen molar-refractivity contribution in [2.24, 2.45) is 4.99 Å². The average Bonchev–Trinajstić information content (AvgIpc) is 3.06. The molecule has 0 N–H and O–H groups in total. The van der Waals surface area contributed by atoms with E-state index >= 15 is 0 Å². The Morgan fingerprint density at radius 3 is 2.32 bits per heavy atom. The van der Waals surface area contributed by atoms with Crippen LogP contribution in [-0.4, -0.2) is 58.9 Å². The molecule has 0 atom stereocenters. The van der Waals surface area contributed by atoms with Crippen molar-refractivity contribution in [3.05, 3.63) is 65.9 Å². The monoisotopic (exact) mass is 440 g/mol. The number of para-hydroxylation sites is 1. The van der Waals surface area contributed by atoms with Gasteiger partial charge in [0, 0.05) is 14.1 Å². The molecule has 1 saturated heterocycles. The Labute approximate surface area is 172 Å². The van der Waals surface area contributed by atoms with Crippen LogP contribution in [0.5, 0.6) is 0 Å². The average molecular weight is 439 g/mol. The first-order valence-corrected chi connectivity index (χ1v) is 11.9. The number of hydrogen-bond acceptors (Lipinski definition) is 4. The predicted octanol–water partition coefficient (Wildman–Crippen LogP) is 3.35. The van der Waals surface area contributed by atoms with Gasteiger partial charge in [-0.25, -0.2) is 0 Å². The molecule has 2 heterocycles. The number of rotatable bonds is 3. The van der Waals surface area contributed by atoms with Gasteiger partial charge in [-0.1, -0.05) is 0 Å². The third kappa shape index (κ3) is 3.84. The Bertz CT molecular complexity index is 900. The van der Waals surface area contributed by atoms with Gasteiger partial charge in [0.05, 0.1) is 0 Å². The molecule has 4 rings (SSSR count). The quantitative estimate of drug-likeness (QED) is 0.544. The second kappa shape index (κ2) is 8.21.